The number of hydrogen-bond donors (Lipinski definition) is 0. The SMILES string of the molecule is CCCCCCCCCCCCCCCO[Si](CC)(CC)OCCCC(C)C. The van der Waals surface area contributed by atoms with Gasteiger partial charge >= 0.3 is 8.56 Å². The molecule has 0 rings (SSSR count). The predicted octanol–water partition coefficient (Wildman–Crippen LogP) is 9.03. The molecule has 0 unspecified atom stereocenters. The third kappa shape index (κ3) is 17.0. The van der Waals surface area contributed by atoms with Crippen molar-refractivity contribution >= 4 is 8.56 Å². The first kappa shape index (κ1) is 28.1. The summed E-state index contributed by atoms with van der Waals surface area (Å²) in [6.07, 6.45) is 20.7. The first-order valence-corrected chi connectivity index (χ1v) is 15.1. The number of rotatable bonds is 22. The van der Waals surface area contributed by atoms with Crippen LogP contribution >= 0.6 is 0 Å². The van der Waals surface area contributed by atoms with Crippen LogP contribution < -0.4 is 0 Å². The zero-order valence-corrected chi connectivity index (χ0v) is 21.3. The fourth-order valence-corrected chi connectivity index (χ4v) is 6.26. The summed E-state index contributed by atoms with van der Waals surface area (Å²) in [5.41, 5.74) is 0. The van der Waals surface area contributed by atoms with E-state index in [1.165, 1.54) is 96.3 Å². The smallest absolute Gasteiger partial charge is 0.337 e. The summed E-state index contributed by atoms with van der Waals surface area (Å²) in [4.78, 5) is 0. The average molecular weight is 415 g/mol. The van der Waals surface area contributed by atoms with Gasteiger partial charge in [-0.2, -0.15) is 0 Å². The molecule has 0 aromatic rings. The monoisotopic (exact) mass is 414 g/mol. The largest absolute Gasteiger partial charge is 0.394 e. The van der Waals surface area contributed by atoms with Crippen molar-refractivity contribution < 1.29 is 8.85 Å². The molecule has 0 atom stereocenters. The molecule has 0 bridgehead atoms. The highest BCUT2D eigenvalue weighted by Crippen LogP contribution is 2.20. The minimum atomic E-state index is -1.92. The molecular weight excluding hydrogens is 360 g/mol. The van der Waals surface area contributed by atoms with Gasteiger partial charge in [-0.05, 0) is 37.3 Å². The van der Waals surface area contributed by atoms with E-state index in [0.29, 0.717) is 0 Å². The van der Waals surface area contributed by atoms with Gasteiger partial charge in [0.2, 0.25) is 0 Å². The average Bonchev–Trinajstić information content (AvgIpc) is 2.70. The van der Waals surface area contributed by atoms with E-state index in [1.807, 2.05) is 0 Å². The Kier molecular flexibility index (Phi) is 20.5. The van der Waals surface area contributed by atoms with E-state index in [-0.39, 0.29) is 0 Å². The van der Waals surface area contributed by atoms with Crippen LogP contribution in [0.2, 0.25) is 12.1 Å². The maximum atomic E-state index is 6.35. The third-order valence-corrected chi connectivity index (χ3v) is 9.60. The van der Waals surface area contributed by atoms with E-state index >= 15 is 0 Å². The first-order chi connectivity index (χ1) is 13.6. The van der Waals surface area contributed by atoms with Crippen molar-refractivity contribution in [2.75, 3.05) is 13.2 Å². The molecule has 0 N–H and O–H groups in total. The standard InChI is InChI=1S/C25H54O2Si/c1-6-9-10-11-12-13-14-15-16-17-18-19-20-23-26-28(7-2,8-3)27-24-21-22-25(4)5/h25H,6-24H2,1-5H3. The minimum absolute atomic E-state index is 0.773. The summed E-state index contributed by atoms with van der Waals surface area (Å²) in [6.45, 7) is 13.2. The van der Waals surface area contributed by atoms with E-state index in [0.717, 1.165) is 31.2 Å². The van der Waals surface area contributed by atoms with Crippen molar-refractivity contribution in [3.8, 4) is 0 Å². The van der Waals surface area contributed by atoms with Crippen LogP contribution in [-0.2, 0) is 8.85 Å². The van der Waals surface area contributed by atoms with Crippen molar-refractivity contribution in [2.24, 2.45) is 5.92 Å². The molecule has 0 aliphatic heterocycles. The van der Waals surface area contributed by atoms with Gasteiger partial charge in [0.25, 0.3) is 0 Å². The van der Waals surface area contributed by atoms with E-state index in [9.17, 15) is 0 Å². The Hall–Kier alpha value is 0.137. The summed E-state index contributed by atoms with van der Waals surface area (Å²) < 4.78 is 12.7. The molecule has 0 aromatic heterocycles. The summed E-state index contributed by atoms with van der Waals surface area (Å²) in [7, 11) is -1.92. The highest BCUT2D eigenvalue weighted by molar-refractivity contribution is 6.67. The second-order valence-corrected chi connectivity index (χ2v) is 12.9. The Morgan fingerprint density at radius 1 is 0.536 bits per heavy atom. The first-order valence-electron chi connectivity index (χ1n) is 12.9. The molecule has 2 nitrogen and oxygen atoms in total. The van der Waals surface area contributed by atoms with Gasteiger partial charge in [0.05, 0.1) is 0 Å². The van der Waals surface area contributed by atoms with Crippen LogP contribution in [0.3, 0.4) is 0 Å². The molecule has 0 saturated carbocycles. The van der Waals surface area contributed by atoms with Crippen LogP contribution in [0.25, 0.3) is 0 Å². The fourth-order valence-electron chi connectivity index (χ4n) is 3.83. The minimum Gasteiger partial charge on any atom is -0.394 e. The molecule has 0 heterocycles. The Morgan fingerprint density at radius 2 is 0.929 bits per heavy atom. The second kappa shape index (κ2) is 20.4. The van der Waals surface area contributed by atoms with Gasteiger partial charge < -0.3 is 8.85 Å². The van der Waals surface area contributed by atoms with Gasteiger partial charge in [-0.1, -0.05) is 112 Å². The van der Waals surface area contributed by atoms with Gasteiger partial charge in [0, 0.05) is 13.2 Å². The Bertz CT molecular complexity index is 303. The Labute approximate surface area is 179 Å². The summed E-state index contributed by atoms with van der Waals surface area (Å²) >= 11 is 0. The van der Waals surface area contributed by atoms with Crippen LogP contribution in [0.4, 0.5) is 0 Å². The van der Waals surface area contributed by atoms with E-state index in [2.05, 4.69) is 34.6 Å². The number of hydrogen-bond acceptors (Lipinski definition) is 2. The molecule has 0 radical (unpaired) electrons. The van der Waals surface area contributed by atoms with Gasteiger partial charge in [-0.25, -0.2) is 0 Å². The second-order valence-electron chi connectivity index (χ2n) is 9.09. The molecule has 170 valence electrons. The summed E-state index contributed by atoms with van der Waals surface area (Å²) in [6, 6.07) is 2.17. The maximum absolute atomic E-state index is 6.35. The normalized spacial score (nSPS) is 12.2. The Morgan fingerprint density at radius 3 is 1.32 bits per heavy atom. The van der Waals surface area contributed by atoms with Gasteiger partial charge in [0.15, 0.2) is 0 Å². The summed E-state index contributed by atoms with van der Waals surface area (Å²) in [5.74, 6) is 0.773. The maximum Gasteiger partial charge on any atom is 0.337 e. The lowest BCUT2D eigenvalue weighted by Gasteiger charge is -2.29. The highest BCUT2D eigenvalue weighted by atomic mass is 28.4. The lowest BCUT2D eigenvalue weighted by molar-refractivity contribution is 0.161. The van der Waals surface area contributed by atoms with E-state index in [1.54, 1.807) is 0 Å². The van der Waals surface area contributed by atoms with Crippen molar-refractivity contribution in [1.82, 2.24) is 0 Å². The zero-order chi connectivity index (χ0) is 20.9. The molecule has 3 heteroatoms. The lowest BCUT2D eigenvalue weighted by Crippen LogP contribution is -2.41. The zero-order valence-electron chi connectivity index (χ0n) is 20.3. The molecule has 0 aliphatic rings. The van der Waals surface area contributed by atoms with Crippen molar-refractivity contribution in [1.29, 1.82) is 0 Å². The van der Waals surface area contributed by atoms with Crippen molar-refractivity contribution in [3.05, 3.63) is 0 Å². The fraction of sp³-hybridized carbons (Fsp3) is 1.00. The molecule has 0 fully saturated rings. The molecule has 0 aliphatic carbocycles. The quantitative estimate of drug-likeness (QED) is 0.130. The van der Waals surface area contributed by atoms with E-state index < -0.39 is 8.56 Å². The molecular formula is C25H54O2Si. The van der Waals surface area contributed by atoms with Crippen molar-refractivity contribution in [2.45, 2.75) is 143 Å². The Balaban J connectivity index is 3.54. The number of unbranched alkanes of at least 4 members (excludes halogenated alkanes) is 12. The van der Waals surface area contributed by atoms with Gasteiger partial charge in [-0.3, -0.25) is 0 Å². The topological polar surface area (TPSA) is 18.5 Å². The van der Waals surface area contributed by atoms with Crippen LogP contribution in [0.1, 0.15) is 131 Å². The molecule has 28 heavy (non-hydrogen) atoms. The third-order valence-electron chi connectivity index (χ3n) is 5.98. The van der Waals surface area contributed by atoms with Gasteiger partial charge in [-0.15, -0.1) is 0 Å². The van der Waals surface area contributed by atoms with Crippen LogP contribution in [0, 0.1) is 5.92 Å². The van der Waals surface area contributed by atoms with E-state index in [4.69, 9.17) is 8.85 Å². The molecule has 0 amide bonds. The molecule has 0 aromatic carbocycles. The lowest BCUT2D eigenvalue weighted by atomic mass is 10.0. The predicted molar refractivity (Wildman–Crippen MR) is 128 cm³/mol. The molecule has 0 spiro atoms. The van der Waals surface area contributed by atoms with Crippen LogP contribution in [0.15, 0.2) is 0 Å². The van der Waals surface area contributed by atoms with Crippen LogP contribution in [-0.4, -0.2) is 21.8 Å². The van der Waals surface area contributed by atoms with Crippen molar-refractivity contribution in [3.63, 3.8) is 0 Å². The summed E-state index contributed by atoms with van der Waals surface area (Å²) in [5, 5.41) is 0. The van der Waals surface area contributed by atoms with Gasteiger partial charge in [0.1, 0.15) is 0 Å². The van der Waals surface area contributed by atoms with Crippen LogP contribution in [0.5, 0.6) is 0 Å². The highest BCUT2D eigenvalue weighted by Gasteiger charge is 2.33. The molecule has 0 saturated heterocycles.